The van der Waals surface area contributed by atoms with Gasteiger partial charge in [0.1, 0.15) is 16.7 Å². The maximum Gasteiger partial charge on any atom is 0.349 e. The van der Waals surface area contributed by atoms with Gasteiger partial charge in [-0.25, -0.2) is 4.79 Å². The lowest BCUT2D eigenvalue weighted by Crippen LogP contribution is -2.38. The molecule has 0 fully saturated rings. The minimum absolute atomic E-state index is 0.0254. The minimum atomic E-state index is -0.767. The van der Waals surface area contributed by atoms with Crippen LogP contribution in [0.2, 0.25) is 0 Å². The molecule has 23 heavy (non-hydrogen) atoms. The second-order valence-electron chi connectivity index (χ2n) is 5.00. The molecule has 3 rings (SSSR count). The maximum atomic E-state index is 12.4. The molecule has 7 nitrogen and oxygen atoms in total. The molecule has 0 aliphatic rings. The van der Waals surface area contributed by atoms with Gasteiger partial charge in [-0.05, 0) is 24.3 Å². The first kappa shape index (κ1) is 15.3. The highest BCUT2D eigenvalue weighted by Crippen LogP contribution is 2.25. The highest BCUT2D eigenvalue weighted by molar-refractivity contribution is 6.04. The fourth-order valence-corrected chi connectivity index (χ4v) is 2.50. The zero-order valence-electron chi connectivity index (χ0n) is 12.2. The van der Waals surface area contributed by atoms with E-state index in [-0.39, 0.29) is 31.9 Å². The van der Waals surface area contributed by atoms with E-state index in [1.165, 1.54) is 17.2 Å². The molecule has 0 aliphatic heterocycles. The van der Waals surface area contributed by atoms with Gasteiger partial charge in [0, 0.05) is 18.5 Å². The van der Waals surface area contributed by atoms with Crippen molar-refractivity contribution in [2.24, 2.45) is 0 Å². The Morgan fingerprint density at radius 2 is 1.87 bits per heavy atom. The molecule has 1 aromatic carbocycles. The van der Waals surface area contributed by atoms with Gasteiger partial charge in [-0.3, -0.25) is 4.79 Å². The number of fused-ring (bicyclic) bond motifs is 3. The third-order valence-corrected chi connectivity index (χ3v) is 3.59. The summed E-state index contributed by atoms with van der Waals surface area (Å²) in [6.45, 7) is -0.476. The molecule has 1 amide bonds. The van der Waals surface area contributed by atoms with Crippen LogP contribution in [-0.2, 0) is 0 Å². The zero-order chi connectivity index (χ0) is 16.4. The van der Waals surface area contributed by atoms with Gasteiger partial charge in [-0.15, -0.1) is 0 Å². The number of carbonyl (C=O) groups excluding carboxylic acids is 1. The quantitative estimate of drug-likeness (QED) is 0.679. The van der Waals surface area contributed by atoms with Crippen LogP contribution in [0, 0.1) is 0 Å². The maximum absolute atomic E-state index is 12.4. The van der Waals surface area contributed by atoms with Crippen molar-refractivity contribution in [2.75, 3.05) is 26.3 Å². The molecule has 0 radical (unpaired) electrons. The molecule has 0 saturated heterocycles. The first-order valence-corrected chi connectivity index (χ1v) is 7.10. The molecule has 0 saturated carbocycles. The Morgan fingerprint density at radius 3 is 2.57 bits per heavy atom. The molecule has 2 N–H and O–H groups in total. The third kappa shape index (κ3) is 2.71. The van der Waals surface area contributed by atoms with E-state index in [1.54, 1.807) is 18.2 Å². The Morgan fingerprint density at radius 1 is 1.13 bits per heavy atom. The molecule has 0 bridgehead atoms. The van der Waals surface area contributed by atoms with Gasteiger partial charge in [-0.2, -0.15) is 0 Å². The van der Waals surface area contributed by atoms with Gasteiger partial charge in [0.25, 0.3) is 5.91 Å². The number of benzene rings is 1. The Balaban J connectivity index is 2.10. The zero-order valence-corrected chi connectivity index (χ0v) is 12.2. The molecule has 3 aromatic rings. The van der Waals surface area contributed by atoms with E-state index >= 15 is 0 Å². The summed E-state index contributed by atoms with van der Waals surface area (Å²) in [6, 6.07) is 6.57. The predicted octanol–water partition coefficient (Wildman–Crippen LogP) is 0.966. The van der Waals surface area contributed by atoms with Crippen LogP contribution in [0.5, 0.6) is 0 Å². The Kier molecular flexibility index (Phi) is 4.14. The summed E-state index contributed by atoms with van der Waals surface area (Å²) < 4.78 is 10.6. The largest absolute Gasteiger partial charge is 0.464 e. The number of carbonyl (C=O) groups is 1. The van der Waals surface area contributed by atoms with Crippen molar-refractivity contribution in [3.05, 3.63) is 46.5 Å². The number of aliphatic hydroxyl groups is 2. The van der Waals surface area contributed by atoms with E-state index in [1.807, 2.05) is 0 Å². The molecule has 2 aromatic heterocycles. The number of furan rings is 1. The summed E-state index contributed by atoms with van der Waals surface area (Å²) >= 11 is 0. The van der Waals surface area contributed by atoms with Crippen LogP contribution in [0.4, 0.5) is 0 Å². The minimum Gasteiger partial charge on any atom is -0.464 e. The van der Waals surface area contributed by atoms with Crippen molar-refractivity contribution < 1.29 is 23.8 Å². The number of hydrogen-bond acceptors (Lipinski definition) is 6. The number of hydrogen-bond donors (Lipinski definition) is 2. The summed E-state index contributed by atoms with van der Waals surface area (Å²) in [5, 5.41) is 19.3. The standard InChI is InChI=1S/C16H15NO6/c18-6-4-17(5-7-19)15(20)12-9-10-1-2-13-11(3-8-22-13)14(10)23-16(12)21/h1-3,8-9,18-19H,4-7H2. The van der Waals surface area contributed by atoms with Crippen LogP contribution < -0.4 is 5.63 Å². The lowest BCUT2D eigenvalue weighted by Gasteiger charge is -2.20. The topological polar surface area (TPSA) is 104 Å². The molecular weight excluding hydrogens is 302 g/mol. The first-order chi connectivity index (χ1) is 11.2. The van der Waals surface area contributed by atoms with E-state index < -0.39 is 11.5 Å². The molecule has 7 heteroatoms. The molecule has 0 unspecified atom stereocenters. The summed E-state index contributed by atoms with van der Waals surface area (Å²) in [5.41, 5.74) is 0.0369. The summed E-state index contributed by atoms with van der Waals surface area (Å²) in [5.74, 6) is -0.587. The van der Waals surface area contributed by atoms with Gasteiger partial charge in [-0.1, -0.05) is 0 Å². The highest BCUT2D eigenvalue weighted by Gasteiger charge is 2.20. The van der Waals surface area contributed by atoms with Gasteiger partial charge < -0.3 is 23.9 Å². The van der Waals surface area contributed by atoms with Crippen molar-refractivity contribution in [3.63, 3.8) is 0 Å². The average Bonchev–Trinajstić information content (AvgIpc) is 3.02. The van der Waals surface area contributed by atoms with Crippen molar-refractivity contribution in [3.8, 4) is 0 Å². The SMILES string of the molecule is O=C(c1cc2ccc3occc3c2oc1=O)N(CCO)CCO. The second kappa shape index (κ2) is 6.23. The fourth-order valence-electron chi connectivity index (χ4n) is 2.50. The molecule has 120 valence electrons. The van der Waals surface area contributed by atoms with Crippen LogP contribution in [-0.4, -0.2) is 47.3 Å². The van der Waals surface area contributed by atoms with E-state index in [4.69, 9.17) is 19.0 Å². The predicted molar refractivity (Wildman–Crippen MR) is 82.3 cm³/mol. The number of rotatable bonds is 5. The normalized spacial score (nSPS) is 11.2. The van der Waals surface area contributed by atoms with Crippen molar-refractivity contribution in [1.29, 1.82) is 0 Å². The number of nitrogens with zero attached hydrogens (tertiary/aromatic N) is 1. The van der Waals surface area contributed by atoms with E-state index in [0.717, 1.165) is 0 Å². The molecule has 2 heterocycles. The second-order valence-corrected chi connectivity index (χ2v) is 5.00. The number of aliphatic hydroxyl groups excluding tert-OH is 2. The van der Waals surface area contributed by atoms with Crippen LogP contribution in [0.15, 0.2) is 44.2 Å². The van der Waals surface area contributed by atoms with Crippen molar-refractivity contribution >= 4 is 27.8 Å². The lowest BCUT2D eigenvalue weighted by atomic mass is 10.1. The van der Waals surface area contributed by atoms with Crippen molar-refractivity contribution in [2.45, 2.75) is 0 Å². The molecule has 0 atom stereocenters. The van der Waals surface area contributed by atoms with Crippen LogP contribution >= 0.6 is 0 Å². The Labute approximate surface area is 130 Å². The monoisotopic (exact) mass is 317 g/mol. The lowest BCUT2D eigenvalue weighted by molar-refractivity contribution is 0.0681. The van der Waals surface area contributed by atoms with E-state index in [9.17, 15) is 9.59 Å². The molecular formula is C16H15NO6. The fraction of sp³-hybridized carbons (Fsp3) is 0.250. The van der Waals surface area contributed by atoms with Gasteiger partial charge >= 0.3 is 5.63 Å². The third-order valence-electron chi connectivity index (χ3n) is 3.59. The molecule has 0 spiro atoms. The molecule has 0 aliphatic carbocycles. The summed E-state index contributed by atoms with van der Waals surface area (Å²) in [7, 11) is 0. The van der Waals surface area contributed by atoms with Gasteiger partial charge in [0.15, 0.2) is 0 Å². The van der Waals surface area contributed by atoms with E-state index in [2.05, 4.69) is 0 Å². The smallest absolute Gasteiger partial charge is 0.349 e. The highest BCUT2D eigenvalue weighted by atomic mass is 16.4. The van der Waals surface area contributed by atoms with Crippen LogP contribution in [0.3, 0.4) is 0 Å². The summed E-state index contributed by atoms with van der Waals surface area (Å²) in [4.78, 5) is 25.8. The summed E-state index contributed by atoms with van der Waals surface area (Å²) in [6.07, 6.45) is 1.49. The van der Waals surface area contributed by atoms with Crippen molar-refractivity contribution in [1.82, 2.24) is 4.90 Å². The van der Waals surface area contributed by atoms with Crippen LogP contribution in [0.1, 0.15) is 10.4 Å². The van der Waals surface area contributed by atoms with Gasteiger partial charge in [0.2, 0.25) is 0 Å². The number of amides is 1. The average molecular weight is 317 g/mol. The van der Waals surface area contributed by atoms with Gasteiger partial charge in [0.05, 0.1) is 24.9 Å². The van der Waals surface area contributed by atoms with Crippen LogP contribution in [0.25, 0.3) is 21.9 Å². The van der Waals surface area contributed by atoms with E-state index in [0.29, 0.717) is 21.9 Å². The Bertz CT molecular complexity index is 904. The first-order valence-electron chi connectivity index (χ1n) is 7.10. The Hall–Kier alpha value is -2.64.